The highest BCUT2D eigenvalue weighted by Crippen LogP contribution is 2.42. The number of aliphatic carboxylic acids is 2. The van der Waals surface area contributed by atoms with Crippen molar-refractivity contribution >= 4 is 54.4 Å². The third-order valence-electron chi connectivity index (χ3n) is 6.91. The molecule has 14 heteroatoms. The van der Waals surface area contributed by atoms with E-state index in [1.165, 1.54) is 18.2 Å². The minimum Gasteiger partial charge on any atom is -0.481 e. The van der Waals surface area contributed by atoms with E-state index < -0.39 is 72.6 Å². The Balaban J connectivity index is 1.67. The number of benzene rings is 4. The van der Waals surface area contributed by atoms with Gasteiger partial charge in [-0.2, -0.15) is 0 Å². The van der Waals surface area contributed by atoms with Gasteiger partial charge in [0.25, 0.3) is 5.91 Å². The summed E-state index contributed by atoms with van der Waals surface area (Å²) in [5.41, 5.74) is 0.597. The van der Waals surface area contributed by atoms with E-state index in [4.69, 9.17) is 0 Å². The summed E-state index contributed by atoms with van der Waals surface area (Å²) in [5, 5.41) is 21.5. The highest BCUT2D eigenvalue weighted by atomic mass is 32.2. The quantitative estimate of drug-likeness (QED) is 0.157. The molecule has 0 aromatic heterocycles. The summed E-state index contributed by atoms with van der Waals surface area (Å²) >= 11 is 0. The lowest BCUT2D eigenvalue weighted by atomic mass is 10.1. The van der Waals surface area contributed by atoms with E-state index in [1.54, 1.807) is 60.7 Å². The second-order valence-electron chi connectivity index (χ2n) is 9.79. The van der Waals surface area contributed by atoms with E-state index in [1.807, 2.05) is 0 Å². The molecule has 1 heterocycles. The first-order chi connectivity index (χ1) is 20.4. The first-order valence-electron chi connectivity index (χ1n) is 12.9. The monoisotopic (exact) mass is 623 g/mol. The highest BCUT2D eigenvalue weighted by Gasteiger charge is 2.36. The molecule has 0 aliphatic carbocycles. The summed E-state index contributed by atoms with van der Waals surface area (Å²) < 4.78 is 60.3. The molecule has 1 amide bonds. The third kappa shape index (κ3) is 6.12. The number of carboxylic acids is 2. The van der Waals surface area contributed by atoms with Crippen LogP contribution in [0.1, 0.15) is 46.4 Å². The van der Waals surface area contributed by atoms with Crippen molar-refractivity contribution in [3.05, 3.63) is 102 Å². The van der Waals surface area contributed by atoms with E-state index in [0.29, 0.717) is 11.1 Å². The second kappa shape index (κ2) is 11.6. The Bertz CT molecular complexity index is 1960. The molecule has 5 rings (SSSR count). The average Bonchev–Trinajstić information content (AvgIpc) is 3.29. The number of nitrogens with one attached hydrogen (secondary N) is 3. The summed E-state index contributed by atoms with van der Waals surface area (Å²) in [4.78, 5) is 35.0. The molecule has 4 aromatic rings. The molecule has 1 aliphatic rings. The van der Waals surface area contributed by atoms with Crippen molar-refractivity contribution in [3.8, 4) is 0 Å². The van der Waals surface area contributed by atoms with Gasteiger partial charge in [-0.05, 0) is 23.3 Å². The molecule has 0 radical (unpaired) electrons. The molecule has 1 aliphatic heterocycles. The van der Waals surface area contributed by atoms with Crippen LogP contribution in [0.3, 0.4) is 0 Å². The Labute approximate surface area is 246 Å². The van der Waals surface area contributed by atoms with Crippen LogP contribution in [0.25, 0.3) is 10.8 Å². The molecule has 0 spiro atoms. The van der Waals surface area contributed by atoms with Crippen molar-refractivity contribution in [1.29, 1.82) is 0 Å². The summed E-state index contributed by atoms with van der Waals surface area (Å²) in [6.45, 7) is 0. The molecular formula is C29H25N3O9S2. The summed E-state index contributed by atoms with van der Waals surface area (Å²) in [7, 11) is -9.30. The van der Waals surface area contributed by atoms with Gasteiger partial charge in [0.15, 0.2) is 0 Å². The fourth-order valence-corrected chi connectivity index (χ4v) is 7.97. The zero-order valence-corrected chi connectivity index (χ0v) is 23.9. The van der Waals surface area contributed by atoms with Crippen molar-refractivity contribution in [2.75, 3.05) is 5.32 Å². The van der Waals surface area contributed by atoms with Crippen LogP contribution in [0.15, 0.2) is 94.7 Å². The maximum atomic E-state index is 13.9. The van der Waals surface area contributed by atoms with Crippen LogP contribution >= 0.6 is 0 Å². The van der Waals surface area contributed by atoms with Gasteiger partial charge in [0.05, 0.1) is 35.5 Å². The van der Waals surface area contributed by atoms with Gasteiger partial charge in [-0.3, -0.25) is 14.4 Å². The zero-order valence-electron chi connectivity index (χ0n) is 22.2. The van der Waals surface area contributed by atoms with Crippen molar-refractivity contribution in [2.24, 2.45) is 0 Å². The molecule has 0 saturated carbocycles. The van der Waals surface area contributed by atoms with Gasteiger partial charge in [0, 0.05) is 16.3 Å². The number of carbonyl (C=O) groups excluding carboxylic acids is 1. The van der Waals surface area contributed by atoms with E-state index in [2.05, 4.69) is 14.8 Å². The molecule has 12 nitrogen and oxygen atoms in total. The lowest BCUT2D eigenvalue weighted by Gasteiger charge is -2.21. The Kier molecular flexibility index (Phi) is 8.03. The number of sulfonamides is 2. The van der Waals surface area contributed by atoms with Gasteiger partial charge in [-0.25, -0.2) is 26.3 Å². The van der Waals surface area contributed by atoms with Gasteiger partial charge in [-0.15, -0.1) is 0 Å². The van der Waals surface area contributed by atoms with E-state index in [0.717, 1.165) is 6.07 Å². The van der Waals surface area contributed by atoms with Crippen LogP contribution in [0.2, 0.25) is 0 Å². The lowest BCUT2D eigenvalue weighted by molar-refractivity contribution is -0.138. The standard InChI is InChI=1S/C29H25N3O9S2/c33-25(34)14-21(17-8-3-1-4-9-17)31-42(38,39)23-16-24(28-27-19(23)12-7-13-20(27)29(37)30-28)43(40,41)32-22(15-26(35)36)18-10-5-2-6-11-18/h1-13,16,21-22,31-32H,14-15H2,(H,30,37)(H,33,34)(H,35,36)/t21-,22-/m0/s1. The maximum absolute atomic E-state index is 13.9. The van der Waals surface area contributed by atoms with Crippen molar-refractivity contribution < 1.29 is 41.4 Å². The van der Waals surface area contributed by atoms with Crippen LogP contribution < -0.4 is 14.8 Å². The Hall–Kier alpha value is -4.63. The first-order valence-corrected chi connectivity index (χ1v) is 15.8. The average molecular weight is 624 g/mol. The number of carbonyl (C=O) groups is 3. The molecule has 43 heavy (non-hydrogen) atoms. The number of anilines is 1. The van der Waals surface area contributed by atoms with Crippen LogP contribution in [-0.4, -0.2) is 44.9 Å². The smallest absolute Gasteiger partial charge is 0.305 e. The summed E-state index contributed by atoms with van der Waals surface area (Å²) in [6.07, 6.45) is -1.23. The zero-order chi connectivity index (χ0) is 30.9. The van der Waals surface area contributed by atoms with Crippen LogP contribution in [0.5, 0.6) is 0 Å². The van der Waals surface area contributed by atoms with E-state index in [-0.39, 0.29) is 22.0 Å². The topological polar surface area (TPSA) is 196 Å². The van der Waals surface area contributed by atoms with Crippen molar-refractivity contribution in [1.82, 2.24) is 9.44 Å². The predicted molar refractivity (Wildman–Crippen MR) is 155 cm³/mol. The summed E-state index contributed by atoms with van der Waals surface area (Å²) in [6, 6.07) is 18.7. The number of carboxylic acid groups (broad SMARTS) is 2. The molecule has 0 bridgehead atoms. The minimum atomic E-state index is -4.67. The van der Waals surface area contributed by atoms with E-state index in [9.17, 15) is 41.4 Å². The van der Waals surface area contributed by atoms with Crippen molar-refractivity contribution in [3.63, 3.8) is 0 Å². The van der Waals surface area contributed by atoms with Crippen molar-refractivity contribution in [2.45, 2.75) is 34.7 Å². The van der Waals surface area contributed by atoms with Crippen LogP contribution in [-0.2, 0) is 29.6 Å². The molecule has 222 valence electrons. The SMILES string of the molecule is O=C(O)C[C@H](NS(=O)(=O)c1cc(S(=O)(=O)N[C@@H](CC(=O)O)c2ccccc2)c2cccc3c2c1NC3=O)c1ccccc1. The maximum Gasteiger partial charge on any atom is 0.305 e. The van der Waals surface area contributed by atoms with E-state index >= 15 is 0 Å². The lowest BCUT2D eigenvalue weighted by Crippen LogP contribution is -2.32. The van der Waals surface area contributed by atoms with Gasteiger partial charge in [0.1, 0.15) is 4.90 Å². The van der Waals surface area contributed by atoms with Gasteiger partial charge >= 0.3 is 11.9 Å². The third-order valence-corrected chi connectivity index (χ3v) is 9.91. The van der Waals surface area contributed by atoms with Crippen LogP contribution in [0.4, 0.5) is 5.69 Å². The number of hydrogen-bond donors (Lipinski definition) is 5. The molecule has 2 atom stereocenters. The summed E-state index contributed by atoms with van der Waals surface area (Å²) in [5.74, 6) is -3.21. The fraction of sp³-hybridized carbons (Fsp3) is 0.138. The number of amides is 1. The van der Waals surface area contributed by atoms with Gasteiger partial charge in [-0.1, -0.05) is 72.8 Å². The predicted octanol–water partition coefficient (Wildman–Crippen LogP) is 3.39. The fourth-order valence-electron chi connectivity index (χ4n) is 5.02. The molecule has 0 fully saturated rings. The molecule has 0 saturated heterocycles. The van der Waals surface area contributed by atoms with Crippen LogP contribution in [0, 0.1) is 0 Å². The molecular weight excluding hydrogens is 598 g/mol. The normalized spacial score (nSPS) is 14.3. The second-order valence-corrected chi connectivity index (χ2v) is 13.2. The molecule has 0 unspecified atom stereocenters. The number of rotatable bonds is 12. The minimum absolute atomic E-state index is 0.0320. The Morgan fingerprint density at radius 2 is 1.19 bits per heavy atom. The Morgan fingerprint density at radius 3 is 1.67 bits per heavy atom. The number of hydrogen-bond acceptors (Lipinski definition) is 7. The Morgan fingerprint density at radius 1 is 0.698 bits per heavy atom. The highest BCUT2D eigenvalue weighted by molar-refractivity contribution is 7.90. The van der Waals surface area contributed by atoms with Gasteiger partial charge in [0.2, 0.25) is 20.0 Å². The van der Waals surface area contributed by atoms with Gasteiger partial charge < -0.3 is 15.5 Å². The largest absolute Gasteiger partial charge is 0.481 e. The molecule has 5 N–H and O–H groups in total. The molecule has 4 aromatic carbocycles. The first kappa shape index (κ1) is 29.8.